The van der Waals surface area contributed by atoms with Crippen LogP contribution in [0.4, 0.5) is 4.79 Å². The average molecular weight is 320 g/mol. The van der Waals surface area contributed by atoms with Gasteiger partial charge in [0, 0.05) is 6.42 Å². The van der Waals surface area contributed by atoms with E-state index in [2.05, 4.69) is 10.6 Å². The van der Waals surface area contributed by atoms with Crippen molar-refractivity contribution in [3.05, 3.63) is 0 Å². The van der Waals surface area contributed by atoms with Gasteiger partial charge < -0.3 is 27.2 Å². The summed E-state index contributed by atoms with van der Waals surface area (Å²) in [5.41, 5.74) is 9.92. The molecule has 7 N–H and O–H groups in total. The van der Waals surface area contributed by atoms with Gasteiger partial charge in [0.25, 0.3) is 0 Å². The molecule has 0 aliphatic rings. The first kappa shape index (κ1) is 19.0. The average Bonchev–Trinajstić information content (AvgIpc) is 2.37. The summed E-state index contributed by atoms with van der Waals surface area (Å²) in [7, 11) is 0. The number of hydrogen-bond donors (Lipinski definition) is 5. The highest BCUT2D eigenvalue weighted by Gasteiger charge is 2.26. The van der Waals surface area contributed by atoms with Crippen LogP contribution >= 0.6 is 11.8 Å². The number of carbonyl (C=O) groups is 4. The molecule has 0 fully saturated rings. The monoisotopic (exact) mass is 320 g/mol. The van der Waals surface area contributed by atoms with E-state index in [9.17, 15) is 19.2 Å². The van der Waals surface area contributed by atoms with Crippen LogP contribution in [0.3, 0.4) is 0 Å². The van der Waals surface area contributed by atoms with Crippen LogP contribution in [-0.4, -0.2) is 53.0 Å². The highest BCUT2D eigenvalue weighted by atomic mass is 32.2. The van der Waals surface area contributed by atoms with E-state index in [1.165, 1.54) is 11.8 Å². The Labute approximate surface area is 126 Å². The molecule has 0 rings (SSSR count). The van der Waals surface area contributed by atoms with Crippen molar-refractivity contribution in [2.75, 3.05) is 12.0 Å². The minimum Gasteiger partial charge on any atom is -0.480 e. The molecule has 0 aromatic rings. The SMILES string of the molecule is CSCCC(NC(N)=O)C(=O)N[C@@H](CCC(N)=O)C(=O)O. The van der Waals surface area contributed by atoms with Gasteiger partial charge in [-0.15, -0.1) is 0 Å². The van der Waals surface area contributed by atoms with Crippen LogP contribution < -0.4 is 22.1 Å². The minimum atomic E-state index is -1.28. The van der Waals surface area contributed by atoms with E-state index in [0.717, 1.165) is 0 Å². The van der Waals surface area contributed by atoms with Gasteiger partial charge in [0.1, 0.15) is 12.1 Å². The van der Waals surface area contributed by atoms with Gasteiger partial charge in [-0.1, -0.05) is 0 Å². The molecule has 0 aromatic heterocycles. The second-order valence-corrected chi connectivity index (χ2v) is 5.23. The van der Waals surface area contributed by atoms with Gasteiger partial charge in [-0.25, -0.2) is 9.59 Å². The molecule has 10 heteroatoms. The summed E-state index contributed by atoms with van der Waals surface area (Å²) < 4.78 is 0. The van der Waals surface area contributed by atoms with E-state index in [0.29, 0.717) is 12.2 Å². The van der Waals surface area contributed by atoms with E-state index in [1.54, 1.807) is 0 Å². The number of nitrogens with one attached hydrogen (secondary N) is 2. The van der Waals surface area contributed by atoms with Crippen molar-refractivity contribution in [3.8, 4) is 0 Å². The van der Waals surface area contributed by atoms with Gasteiger partial charge in [-0.05, 0) is 24.9 Å². The molecule has 0 aromatic carbocycles. The summed E-state index contributed by atoms with van der Waals surface area (Å²) in [4.78, 5) is 44.5. The lowest BCUT2D eigenvalue weighted by Gasteiger charge is -2.20. The smallest absolute Gasteiger partial charge is 0.326 e. The summed E-state index contributed by atoms with van der Waals surface area (Å²) in [6.07, 6.45) is 1.84. The lowest BCUT2D eigenvalue weighted by atomic mass is 10.1. The summed E-state index contributed by atoms with van der Waals surface area (Å²) in [5, 5.41) is 13.5. The molecular formula is C11H20N4O5S. The van der Waals surface area contributed by atoms with Gasteiger partial charge in [-0.2, -0.15) is 11.8 Å². The zero-order valence-corrected chi connectivity index (χ0v) is 12.4. The maximum Gasteiger partial charge on any atom is 0.326 e. The molecule has 0 aliphatic carbocycles. The van der Waals surface area contributed by atoms with Crippen LogP contribution in [0.25, 0.3) is 0 Å². The molecule has 0 radical (unpaired) electrons. The lowest BCUT2D eigenvalue weighted by Crippen LogP contribution is -2.53. The molecule has 9 nitrogen and oxygen atoms in total. The van der Waals surface area contributed by atoms with Crippen LogP contribution in [0.1, 0.15) is 19.3 Å². The Morgan fingerprint density at radius 2 is 1.71 bits per heavy atom. The molecule has 120 valence electrons. The van der Waals surface area contributed by atoms with Crippen molar-refractivity contribution >= 4 is 35.6 Å². The number of carbonyl (C=O) groups excluding carboxylic acids is 3. The Balaban J connectivity index is 4.68. The van der Waals surface area contributed by atoms with Gasteiger partial charge >= 0.3 is 12.0 Å². The quantitative estimate of drug-likeness (QED) is 0.332. The number of amides is 4. The number of carboxylic acids is 1. The Bertz CT molecular complexity index is 404. The third-order valence-corrected chi connectivity index (χ3v) is 3.18. The predicted octanol–water partition coefficient (Wildman–Crippen LogP) is -1.39. The molecule has 0 saturated carbocycles. The van der Waals surface area contributed by atoms with E-state index in [1.807, 2.05) is 6.26 Å². The van der Waals surface area contributed by atoms with Gasteiger partial charge in [0.15, 0.2) is 0 Å². The minimum absolute atomic E-state index is 0.123. The molecule has 0 heterocycles. The zero-order chi connectivity index (χ0) is 16.4. The zero-order valence-electron chi connectivity index (χ0n) is 11.6. The fourth-order valence-electron chi connectivity index (χ4n) is 1.49. The van der Waals surface area contributed by atoms with Crippen molar-refractivity contribution < 1.29 is 24.3 Å². The predicted molar refractivity (Wildman–Crippen MR) is 77.5 cm³/mol. The van der Waals surface area contributed by atoms with Crippen molar-refractivity contribution in [3.63, 3.8) is 0 Å². The summed E-state index contributed by atoms with van der Waals surface area (Å²) >= 11 is 1.46. The van der Waals surface area contributed by atoms with Crippen LogP contribution in [0.2, 0.25) is 0 Å². The summed E-state index contributed by atoms with van der Waals surface area (Å²) in [6.45, 7) is 0. The largest absolute Gasteiger partial charge is 0.480 e. The number of nitrogens with two attached hydrogens (primary N) is 2. The van der Waals surface area contributed by atoms with E-state index in [4.69, 9.17) is 16.6 Å². The Morgan fingerprint density at radius 1 is 1.10 bits per heavy atom. The third-order valence-electron chi connectivity index (χ3n) is 2.54. The van der Waals surface area contributed by atoms with Crippen molar-refractivity contribution in [2.24, 2.45) is 11.5 Å². The molecule has 4 amide bonds. The van der Waals surface area contributed by atoms with E-state index in [-0.39, 0.29) is 12.8 Å². The number of thioether (sulfide) groups is 1. The molecule has 0 aliphatic heterocycles. The fraction of sp³-hybridized carbons (Fsp3) is 0.636. The first-order valence-corrected chi connectivity index (χ1v) is 7.53. The highest BCUT2D eigenvalue weighted by Crippen LogP contribution is 2.03. The number of rotatable bonds is 10. The second kappa shape index (κ2) is 9.86. The third kappa shape index (κ3) is 8.74. The fourth-order valence-corrected chi connectivity index (χ4v) is 1.96. The molecule has 0 bridgehead atoms. The number of hydrogen-bond acceptors (Lipinski definition) is 5. The van der Waals surface area contributed by atoms with Crippen LogP contribution in [0.5, 0.6) is 0 Å². The molecular weight excluding hydrogens is 300 g/mol. The van der Waals surface area contributed by atoms with E-state index < -0.39 is 35.9 Å². The van der Waals surface area contributed by atoms with Crippen molar-refractivity contribution in [2.45, 2.75) is 31.3 Å². The van der Waals surface area contributed by atoms with Crippen LogP contribution in [0, 0.1) is 0 Å². The number of aliphatic carboxylic acids is 1. The Kier molecular flexibility index (Phi) is 8.93. The standard InChI is InChI=1S/C11H20N4O5S/c1-21-5-4-6(15-11(13)20)9(17)14-7(10(18)19)2-3-8(12)16/h6-7H,2-5H2,1H3,(H2,12,16)(H,14,17)(H,18,19)(H3,13,15,20)/t6?,7-/m0/s1. The first-order valence-electron chi connectivity index (χ1n) is 6.14. The lowest BCUT2D eigenvalue weighted by molar-refractivity contribution is -0.142. The topological polar surface area (TPSA) is 165 Å². The molecule has 0 spiro atoms. The second-order valence-electron chi connectivity index (χ2n) is 4.25. The normalized spacial score (nSPS) is 13.0. The highest BCUT2D eigenvalue weighted by molar-refractivity contribution is 7.98. The van der Waals surface area contributed by atoms with Crippen molar-refractivity contribution in [1.82, 2.24) is 10.6 Å². The first-order chi connectivity index (χ1) is 9.77. The Morgan fingerprint density at radius 3 is 2.14 bits per heavy atom. The van der Waals surface area contributed by atoms with Crippen molar-refractivity contribution in [1.29, 1.82) is 0 Å². The maximum atomic E-state index is 12.0. The van der Waals surface area contributed by atoms with Gasteiger partial charge in [-0.3, -0.25) is 9.59 Å². The maximum absolute atomic E-state index is 12.0. The Hall–Kier alpha value is -1.97. The molecule has 2 atom stereocenters. The summed E-state index contributed by atoms with van der Waals surface area (Å²) in [5.74, 6) is -2.03. The van der Waals surface area contributed by atoms with Crippen LogP contribution in [0.15, 0.2) is 0 Å². The van der Waals surface area contributed by atoms with E-state index >= 15 is 0 Å². The molecule has 0 saturated heterocycles. The number of carboxylic acid groups (broad SMARTS) is 1. The van der Waals surface area contributed by atoms with Crippen LogP contribution in [-0.2, 0) is 14.4 Å². The molecule has 21 heavy (non-hydrogen) atoms. The number of primary amides is 2. The van der Waals surface area contributed by atoms with Gasteiger partial charge in [0.2, 0.25) is 11.8 Å². The summed E-state index contributed by atoms with van der Waals surface area (Å²) in [6, 6.07) is -3.05. The number of urea groups is 1. The van der Waals surface area contributed by atoms with Gasteiger partial charge in [0.05, 0.1) is 0 Å². The molecule has 1 unspecified atom stereocenters.